The zero-order chi connectivity index (χ0) is 16.7. The van der Waals surface area contributed by atoms with Crippen molar-refractivity contribution in [3.05, 3.63) is 68.5 Å². The summed E-state index contributed by atoms with van der Waals surface area (Å²) in [5, 5.41) is 0. The summed E-state index contributed by atoms with van der Waals surface area (Å²) in [6, 6.07) is 8.54. The number of nitrogens with one attached hydrogen (secondary N) is 2. The lowest BCUT2D eigenvalue weighted by molar-refractivity contribution is -0.139. The van der Waals surface area contributed by atoms with Gasteiger partial charge in [-0.15, -0.1) is 11.8 Å². The van der Waals surface area contributed by atoms with Crippen LogP contribution in [0.3, 0.4) is 0 Å². The van der Waals surface area contributed by atoms with E-state index in [1.807, 2.05) is 0 Å². The Morgan fingerprint density at radius 1 is 1.13 bits per heavy atom. The van der Waals surface area contributed by atoms with E-state index in [4.69, 9.17) is 4.74 Å². The van der Waals surface area contributed by atoms with Crippen LogP contribution in [0.1, 0.15) is 15.9 Å². The second kappa shape index (κ2) is 8.14. The molecule has 0 fully saturated rings. The average Bonchev–Trinajstić information content (AvgIpc) is 2.55. The van der Waals surface area contributed by atoms with E-state index >= 15 is 0 Å². The quantitative estimate of drug-likeness (QED) is 0.570. The minimum absolute atomic E-state index is 0.000631. The van der Waals surface area contributed by atoms with E-state index in [0.29, 0.717) is 11.1 Å². The number of Topliss-reactive ketones (excluding diaryl/α,β-unsaturated/α-hetero) is 1. The van der Waals surface area contributed by atoms with Gasteiger partial charge in [0.05, 0.1) is 5.75 Å². The Morgan fingerprint density at radius 2 is 1.87 bits per heavy atom. The fraction of sp³-hybridized carbons (Fsp3) is 0.200. The standard InChI is InChI=1S/C15H14N2O5S/c18-12(10-4-2-1-3-5-10)7-22-13(19)9-23-8-11-6-16-15(21)17-14(11)20/h1-6H,7-9H2,(H2,16,17,20,21). The Morgan fingerprint density at radius 3 is 2.57 bits per heavy atom. The lowest BCUT2D eigenvalue weighted by Gasteiger charge is -2.04. The summed E-state index contributed by atoms with van der Waals surface area (Å²) in [4.78, 5) is 50.1. The largest absolute Gasteiger partial charge is 0.457 e. The van der Waals surface area contributed by atoms with Gasteiger partial charge in [0.15, 0.2) is 12.4 Å². The Kier molecular flexibility index (Phi) is 5.93. The second-order valence-corrected chi connectivity index (χ2v) is 5.53. The van der Waals surface area contributed by atoms with Crippen molar-refractivity contribution in [1.29, 1.82) is 0 Å². The summed E-state index contributed by atoms with van der Waals surface area (Å²) in [5.74, 6) is -0.574. The molecule has 0 amide bonds. The molecule has 2 rings (SSSR count). The van der Waals surface area contributed by atoms with Crippen LogP contribution >= 0.6 is 11.8 Å². The predicted octanol–water partition coefficient (Wildman–Crippen LogP) is 0.722. The van der Waals surface area contributed by atoms with Crippen LogP contribution in [-0.4, -0.2) is 34.1 Å². The van der Waals surface area contributed by atoms with Crippen molar-refractivity contribution >= 4 is 23.5 Å². The number of aromatic nitrogens is 2. The molecule has 1 aromatic carbocycles. The Bertz CT molecular complexity index is 797. The highest BCUT2D eigenvalue weighted by atomic mass is 32.2. The smallest absolute Gasteiger partial charge is 0.325 e. The molecule has 0 aliphatic heterocycles. The normalized spacial score (nSPS) is 10.3. The minimum Gasteiger partial charge on any atom is -0.457 e. The second-order valence-electron chi connectivity index (χ2n) is 4.54. The molecule has 0 spiro atoms. The predicted molar refractivity (Wildman–Crippen MR) is 85.6 cm³/mol. The fourth-order valence-corrected chi connectivity index (χ4v) is 2.47. The van der Waals surface area contributed by atoms with E-state index in [0.717, 1.165) is 11.8 Å². The number of hydrogen-bond donors (Lipinski definition) is 2. The molecule has 2 aromatic rings. The van der Waals surface area contributed by atoms with Gasteiger partial charge in [-0.1, -0.05) is 30.3 Å². The van der Waals surface area contributed by atoms with Crippen molar-refractivity contribution in [3.63, 3.8) is 0 Å². The highest BCUT2D eigenvalue weighted by Crippen LogP contribution is 2.08. The third-order valence-electron chi connectivity index (χ3n) is 2.83. The van der Waals surface area contributed by atoms with Gasteiger partial charge in [-0.25, -0.2) is 4.79 Å². The maximum Gasteiger partial charge on any atom is 0.325 e. The maximum absolute atomic E-state index is 11.8. The van der Waals surface area contributed by atoms with Crippen LogP contribution in [0, 0.1) is 0 Å². The van der Waals surface area contributed by atoms with E-state index in [9.17, 15) is 19.2 Å². The van der Waals surface area contributed by atoms with Gasteiger partial charge in [-0.2, -0.15) is 0 Å². The molecule has 0 aliphatic rings. The first-order valence-corrected chi connectivity index (χ1v) is 7.84. The summed E-state index contributed by atoms with van der Waals surface area (Å²) in [6.07, 6.45) is 1.30. The molecular formula is C15H14N2O5S. The summed E-state index contributed by atoms with van der Waals surface area (Å²) in [7, 11) is 0. The van der Waals surface area contributed by atoms with Crippen molar-refractivity contribution in [3.8, 4) is 0 Å². The number of carbonyl (C=O) groups excluding carboxylic acids is 2. The van der Waals surface area contributed by atoms with Crippen molar-refractivity contribution in [1.82, 2.24) is 9.97 Å². The van der Waals surface area contributed by atoms with Gasteiger partial charge in [0, 0.05) is 23.1 Å². The topological polar surface area (TPSA) is 109 Å². The third kappa shape index (κ3) is 5.26. The van der Waals surface area contributed by atoms with Gasteiger partial charge in [-0.3, -0.25) is 19.4 Å². The number of esters is 1. The summed E-state index contributed by atoms with van der Waals surface area (Å²) in [5.41, 5.74) is -0.244. The van der Waals surface area contributed by atoms with Crippen LogP contribution in [-0.2, 0) is 15.3 Å². The number of aromatic amines is 2. The van der Waals surface area contributed by atoms with Crippen molar-refractivity contribution < 1.29 is 14.3 Å². The van der Waals surface area contributed by atoms with Crippen LogP contribution in [0.4, 0.5) is 0 Å². The molecule has 23 heavy (non-hydrogen) atoms. The third-order valence-corrected chi connectivity index (χ3v) is 3.79. The number of ether oxygens (including phenoxy) is 1. The highest BCUT2D eigenvalue weighted by Gasteiger charge is 2.10. The summed E-state index contributed by atoms with van der Waals surface area (Å²) < 4.78 is 4.89. The maximum atomic E-state index is 11.8. The number of H-pyrrole nitrogens is 2. The van der Waals surface area contributed by atoms with Crippen LogP contribution < -0.4 is 11.2 Å². The number of rotatable bonds is 7. The number of hydrogen-bond acceptors (Lipinski definition) is 6. The monoisotopic (exact) mass is 334 g/mol. The summed E-state index contributed by atoms with van der Waals surface area (Å²) >= 11 is 1.15. The van der Waals surface area contributed by atoms with E-state index in [2.05, 4.69) is 9.97 Å². The molecule has 0 saturated heterocycles. The molecule has 1 aromatic heterocycles. The van der Waals surface area contributed by atoms with Gasteiger partial charge in [0.2, 0.25) is 0 Å². The van der Waals surface area contributed by atoms with E-state index in [1.165, 1.54) is 6.20 Å². The first-order valence-electron chi connectivity index (χ1n) is 6.69. The fourth-order valence-electron chi connectivity index (χ4n) is 1.68. The Labute approximate surface area is 135 Å². The molecule has 0 saturated carbocycles. The highest BCUT2D eigenvalue weighted by molar-refractivity contribution is 7.99. The lowest BCUT2D eigenvalue weighted by atomic mass is 10.1. The zero-order valence-corrected chi connectivity index (χ0v) is 12.9. The van der Waals surface area contributed by atoms with Crippen molar-refractivity contribution in [2.75, 3.05) is 12.4 Å². The molecule has 0 atom stereocenters. The average molecular weight is 334 g/mol. The van der Waals surface area contributed by atoms with Crippen LogP contribution in [0.25, 0.3) is 0 Å². The molecular weight excluding hydrogens is 320 g/mol. The van der Waals surface area contributed by atoms with Crippen LogP contribution in [0.15, 0.2) is 46.1 Å². The first kappa shape index (κ1) is 16.8. The Hall–Kier alpha value is -2.61. The molecule has 2 N–H and O–H groups in total. The molecule has 120 valence electrons. The number of ketones is 1. The van der Waals surface area contributed by atoms with Crippen LogP contribution in [0.2, 0.25) is 0 Å². The number of benzene rings is 1. The van der Waals surface area contributed by atoms with Gasteiger partial charge >= 0.3 is 11.7 Å². The zero-order valence-electron chi connectivity index (χ0n) is 12.0. The molecule has 7 nitrogen and oxygen atoms in total. The molecule has 0 aliphatic carbocycles. The van der Waals surface area contributed by atoms with Gasteiger partial charge in [0.1, 0.15) is 0 Å². The van der Waals surface area contributed by atoms with E-state index in [1.54, 1.807) is 30.3 Å². The van der Waals surface area contributed by atoms with Gasteiger partial charge in [-0.05, 0) is 0 Å². The van der Waals surface area contributed by atoms with E-state index in [-0.39, 0.29) is 23.9 Å². The van der Waals surface area contributed by atoms with E-state index < -0.39 is 17.2 Å². The van der Waals surface area contributed by atoms with Crippen molar-refractivity contribution in [2.45, 2.75) is 5.75 Å². The molecule has 0 bridgehead atoms. The lowest BCUT2D eigenvalue weighted by Crippen LogP contribution is -2.24. The summed E-state index contributed by atoms with van der Waals surface area (Å²) in [6.45, 7) is -0.317. The van der Waals surface area contributed by atoms with Gasteiger partial charge in [0.25, 0.3) is 5.56 Å². The number of carbonyl (C=O) groups is 2. The molecule has 1 heterocycles. The Balaban J connectivity index is 1.74. The molecule has 0 unspecified atom stereocenters. The minimum atomic E-state index is -0.581. The number of thioether (sulfide) groups is 1. The molecule has 8 heteroatoms. The first-order chi connectivity index (χ1) is 11.1. The molecule has 0 radical (unpaired) electrons. The SMILES string of the molecule is O=C(CSCc1c[nH]c(=O)[nH]c1=O)OCC(=O)c1ccccc1. The van der Waals surface area contributed by atoms with Crippen molar-refractivity contribution in [2.24, 2.45) is 0 Å². The van der Waals surface area contributed by atoms with Crippen LogP contribution in [0.5, 0.6) is 0 Å². The van der Waals surface area contributed by atoms with Gasteiger partial charge < -0.3 is 9.72 Å².